The van der Waals surface area contributed by atoms with Gasteiger partial charge in [0, 0.05) is 37.1 Å². The van der Waals surface area contributed by atoms with Gasteiger partial charge in [-0.25, -0.2) is 28.6 Å². The Morgan fingerprint density at radius 1 is 0.909 bits per heavy atom. The normalized spacial score (nSPS) is 20.7. The fraction of sp³-hybridized carbons (Fsp3) is 0.784. The summed E-state index contributed by atoms with van der Waals surface area (Å²) in [6, 6.07) is 0. The van der Waals surface area contributed by atoms with Gasteiger partial charge in [-0.3, -0.25) is 32.5 Å². The van der Waals surface area contributed by atoms with Crippen molar-refractivity contribution < 1.29 is 85.6 Å². The Hall–Kier alpha value is -2.48. The largest absolute Gasteiger partial charge is 0.481 e. The molecule has 1 fully saturated rings. The molecule has 0 bridgehead atoms. The summed E-state index contributed by atoms with van der Waals surface area (Å²) in [5, 5.41) is 36.6. The number of nitrogens with two attached hydrogens (primary N) is 1. The highest BCUT2D eigenvalue weighted by atomic mass is 32.2. The van der Waals surface area contributed by atoms with Gasteiger partial charge < -0.3 is 56.0 Å². The summed E-state index contributed by atoms with van der Waals surface area (Å²) in [7, 11) is -16.4. The lowest BCUT2D eigenvalue weighted by Gasteiger charge is -2.30. The molecular formula is C37H66N7O18P3S. The van der Waals surface area contributed by atoms with E-state index in [1.165, 1.54) is 65.2 Å². The number of unbranched alkanes of at least 4 members (excludes halogenated alkanes) is 10. The van der Waals surface area contributed by atoms with Crippen molar-refractivity contribution in [3.63, 3.8) is 0 Å². The van der Waals surface area contributed by atoms with Gasteiger partial charge in [0.25, 0.3) is 0 Å². The number of aliphatic hydroxyl groups is 3. The molecular weight excluding hydrogens is 955 g/mol. The zero-order valence-electron chi connectivity index (χ0n) is 37.3. The third kappa shape index (κ3) is 20.6. The summed E-state index contributed by atoms with van der Waals surface area (Å²) in [5.41, 5.74) is 4.25. The second-order valence-corrected chi connectivity index (χ2v) is 21.9. The summed E-state index contributed by atoms with van der Waals surface area (Å²) in [4.78, 5) is 88.3. The van der Waals surface area contributed by atoms with Crippen LogP contribution < -0.4 is 16.4 Å². The minimum absolute atomic E-state index is 0.0260. The average Bonchev–Trinajstić information content (AvgIpc) is 3.79. The molecule has 66 heavy (non-hydrogen) atoms. The lowest BCUT2D eigenvalue weighted by Crippen LogP contribution is -2.46. The molecule has 0 aliphatic carbocycles. The van der Waals surface area contributed by atoms with Crippen LogP contribution in [-0.4, -0.2) is 134 Å². The number of phosphoric ester groups is 3. The number of anilines is 1. The number of aliphatic hydroxyl groups excluding tert-OH is 3. The second-order valence-electron chi connectivity index (χ2n) is 16.5. The Bertz CT molecular complexity index is 2000. The van der Waals surface area contributed by atoms with Crippen LogP contribution in [0.5, 0.6) is 0 Å². The Morgan fingerprint density at radius 3 is 2.17 bits per heavy atom. The number of thioether (sulfide) groups is 1. The van der Waals surface area contributed by atoms with Crippen molar-refractivity contribution in [3.8, 4) is 0 Å². The number of phosphoric acid groups is 3. The van der Waals surface area contributed by atoms with Crippen LogP contribution in [-0.2, 0) is 50.7 Å². The van der Waals surface area contributed by atoms with Gasteiger partial charge in [0.1, 0.15) is 36.3 Å². The highest BCUT2D eigenvalue weighted by Gasteiger charge is 2.50. The van der Waals surface area contributed by atoms with E-state index in [0.717, 1.165) is 48.2 Å². The van der Waals surface area contributed by atoms with Gasteiger partial charge in [0.2, 0.25) is 11.8 Å². The van der Waals surface area contributed by atoms with Crippen LogP contribution in [0.2, 0.25) is 0 Å². The first-order valence-corrected chi connectivity index (χ1v) is 27.2. The van der Waals surface area contributed by atoms with Crippen LogP contribution in [0.3, 0.4) is 0 Å². The molecule has 8 atom stereocenters. The van der Waals surface area contributed by atoms with E-state index in [4.69, 9.17) is 19.5 Å². The third-order valence-corrected chi connectivity index (χ3v) is 14.3. The van der Waals surface area contributed by atoms with Gasteiger partial charge in [-0.2, -0.15) is 4.31 Å². The van der Waals surface area contributed by atoms with E-state index in [2.05, 4.69) is 41.3 Å². The fourth-order valence-electron chi connectivity index (χ4n) is 6.69. The number of aromatic nitrogens is 4. The quantitative estimate of drug-likeness (QED) is 0.0362. The molecule has 0 saturated carbocycles. The predicted octanol–water partition coefficient (Wildman–Crippen LogP) is 3.12. The summed E-state index contributed by atoms with van der Waals surface area (Å²) in [5.74, 6) is -1.22. The summed E-state index contributed by atoms with van der Waals surface area (Å²) in [6.45, 7) is 2.61. The summed E-state index contributed by atoms with van der Waals surface area (Å²) in [6.07, 6.45) is 6.04. The number of nitrogen functional groups attached to an aromatic ring is 1. The Morgan fingerprint density at radius 2 is 1.53 bits per heavy atom. The number of nitrogens with zero attached hydrogens (tertiary/aromatic N) is 4. The third-order valence-electron chi connectivity index (χ3n) is 10.3. The van der Waals surface area contributed by atoms with Crippen molar-refractivity contribution in [2.45, 2.75) is 147 Å². The minimum atomic E-state index is -5.58. The number of ether oxygens (including phenoxy) is 1. The number of rotatable bonds is 33. The van der Waals surface area contributed by atoms with Gasteiger partial charge in [-0.1, -0.05) is 103 Å². The number of fused-ring (bicyclic) bond motifs is 1. The maximum absolute atomic E-state index is 12.7. The average molecular weight is 1020 g/mol. The number of hydrogen-bond acceptors (Lipinski definition) is 19. The topological polar surface area (TPSA) is 384 Å². The van der Waals surface area contributed by atoms with Crippen LogP contribution in [0.15, 0.2) is 12.7 Å². The summed E-state index contributed by atoms with van der Waals surface area (Å²) >= 11 is 0.998. The van der Waals surface area contributed by atoms with Crippen molar-refractivity contribution in [2.24, 2.45) is 5.41 Å². The lowest BCUT2D eigenvalue weighted by atomic mass is 9.87. The van der Waals surface area contributed by atoms with Crippen LogP contribution in [0.4, 0.5) is 5.82 Å². The Balaban J connectivity index is 1.33. The Kier molecular flexibility index (Phi) is 24.2. The molecule has 0 aromatic carbocycles. The van der Waals surface area contributed by atoms with Gasteiger partial charge in [-0.15, -0.1) is 0 Å². The molecule has 2 amide bonds. The highest BCUT2D eigenvalue weighted by Crippen LogP contribution is 2.61. The van der Waals surface area contributed by atoms with Crippen molar-refractivity contribution in [1.82, 2.24) is 30.2 Å². The molecule has 378 valence electrons. The van der Waals surface area contributed by atoms with E-state index in [0.29, 0.717) is 6.42 Å². The first-order chi connectivity index (χ1) is 30.9. The molecule has 29 heteroatoms. The lowest BCUT2D eigenvalue weighted by molar-refractivity contribution is -0.137. The van der Waals surface area contributed by atoms with E-state index < -0.39 is 90.7 Å². The van der Waals surface area contributed by atoms with Gasteiger partial charge >= 0.3 is 23.5 Å². The van der Waals surface area contributed by atoms with Crippen LogP contribution in [0.1, 0.15) is 117 Å². The molecule has 25 nitrogen and oxygen atoms in total. The molecule has 3 heterocycles. The SMILES string of the molecule is CCCCCCCCCCCCCC(O)CC(=O)SCCNC(=O)CCNC(=O)[C@H](O)C(C)(C)COP(=O)(O)OP(=O)(O)OC[C@H]1O[C@H](n2cnc3c(N)ncnc32)[C@H](O)[C@@H]1OP(=O)(O)O. The van der Waals surface area contributed by atoms with Crippen molar-refractivity contribution in [3.05, 3.63) is 12.7 Å². The van der Waals surface area contributed by atoms with Gasteiger partial charge in [0.15, 0.2) is 22.8 Å². The highest BCUT2D eigenvalue weighted by molar-refractivity contribution is 8.13. The zero-order valence-corrected chi connectivity index (χ0v) is 40.8. The van der Waals surface area contributed by atoms with Gasteiger partial charge in [0.05, 0.1) is 25.6 Å². The van der Waals surface area contributed by atoms with Crippen LogP contribution in [0.25, 0.3) is 11.2 Å². The predicted molar refractivity (Wildman–Crippen MR) is 239 cm³/mol. The van der Waals surface area contributed by atoms with Gasteiger partial charge in [-0.05, 0) is 6.42 Å². The molecule has 2 aromatic rings. The molecule has 0 spiro atoms. The molecule has 0 radical (unpaired) electrons. The zero-order chi connectivity index (χ0) is 49.1. The number of amides is 2. The van der Waals surface area contributed by atoms with Crippen molar-refractivity contribution in [2.75, 3.05) is 37.8 Å². The number of carbonyl (C=O) groups excluding carboxylic acids is 3. The molecule has 1 aliphatic heterocycles. The number of nitrogens with one attached hydrogen (secondary N) is 2. The first-order valence-electron chi connectivity index (χ1n) is 21.7. The molecule has 1 aliphatic rings. The first kappa shape index (κ1) is 57.8. The summed E-state index contributed by atoms with van der Waals surface area (Å²) < 4.78 is 62.4. The minimum Gasteiger partial charge on any atom is -0.393 e. The van der Waals surface area contributed by atoms with Crippen LogP contribution in [0, 0.1) is 5.41 Å². The van der Waals surface area contributed by atoms with Crippen LogP contribution >= 0.6 is 35.2 Å². The molecule has 3 rings (SSSR count). The number of imidazole rings is 1. The van der Waals surface area contributed by atoms with E-state index in [1.807, 2.05) is 0 Å². The number of carbonyl (C=O) groups is 3. The molecule has 2 aromatic heterocycles. The smallest absolute Gasteiger partial charge is 0.393 e. The number of hydrogen-bond donors (Lipinski definition) is 10. The molecule has 11 N–H and O–H groups in total. The molecule has 3 unspecified atom stereocenters. The van der Waals surface area contributed by atoms with E-state index in [9.17, 15) is 63.0 Å². The maximum atomic E-state index is 12.7. The Labute approximate surface area is 387 Å². The van der Waals surface area contributed by atoms with E-state index >= 15 is 0 Å². The fourth-order valence-corrected chi connectivity index (χ4v) is 10.3. The standard InChI is InChI=1S/C37H66N7O18P3S/c1-4-5-6-7-8-9-10-11-12-13-14-15-25(45)20-28(47)66-19-18-39-27(46)16-17-40-35(50)32(49)37(2,3)22-59-65(56,57)62-64(54,55)58-21-26-31(61-63(51,52)53)30(48)36(60-26)44-24-43-29-33(38)41-23-42-34(29)44/h23-26,30-32,36,45,48-49H,4-22H2,1-3H3,(H,39,46)(H,40,50)(H,54,55)(H,56,57)(H2,38,41,42)(H2,51,52,53)/t25?,26-,30-,31-,32+,36+/m1/s1. The monoisotopic (exact) mass is 1020 g/mol. The van der Waals surface area contributed by atoms with Crippen molar-refractivity contribution >= 4 is 69.1 Å². The van der Waals surface area contributed by atoms with E-state index in [-0.39, 0.29) is 53.8 Å². The van der Waals surface area contributed by atoms with Crippen molar-refractivity contribution in [1.29, 1.82) is 0 Å². The second kappa shape index (κ2) is 27.6. The maximum Gasteiger partial charge on any atom is 0.481 e. The van der Waals surface area contributed by atoms with E-state index in [1.54, 1.807) is 0 Å². The molecule has 1 saturated heterocycles.